The maximum absolute atomic E-state index is 12.4. The number of benzene rings is 1. The maximum atomic E-state index is 12.4. The van der Waals surface area contributed by atoms with E-state index < -0.39 is 12.1 Å². The van der Waals surface area contributed by atoms with Crippen LogP contribution in [-0.2, 0) is 4.79 Å². The first kappa shape index (κ1) is 15.3. The van der Waals surface area contributed by atoms with Crippen molar-refractivity contribution in [2.24, 2.45) is 0 Å². The summed E-state index contributed by atoms with van der Waals surface area (Å²) in [7, 11) is 0. The fourth-order valence-corrected chi connectivity index (χ4v) is 2.54. The van der Waals surface area contributed by atoms with Crippen LogP contribution in [0.2, 0.25) is 0 Å². The molecule has 0 aliphatic carbocycles. The van der Waals surface area contributed by atoms with Gasteiger partial charge in [-0.25, -0.2) is 4.98 Å². The fourth-order valence-electron chi connectivity index (χ4n) is 2.54. The van der Waals surface area contributed by atoms with E-state index in [0.29, 0.717) is 11.1 Å². The first-order chi connectivity index (χ1) is 10.9. The van der Waals surface area contributed by atoms with E-state index in [1.807, 2.05) is 0 Å². The van der Waals surface area contributed by atoms with E-state index >= 15 is 0 Å². The Balaban J connectivity index is 1.67. The Bertz CT molecular complexity index is 748. The van der Waals surface area contributed by atoms with Crippen LogP contribution in [0, 0.1) is 0 Å². The van der Waals surface area contributed by atoms with E-state index in [9.17, 15) is 22.8 Å². The normalized spacial score (nSPS) is 16.0. The lowest BCUT2D eigenvalue weighted by atomic mass is 10.1. The molecule has 0 atom stereocenters. The quantitative estimate of drug-likeness (QED) is 0.861. The number of alkyl halides is 3. The zero-order valence-corrected chi connectivity index (χ0v) is 11.9. The fraction of sp³-hybridized carbons (Fsp3) is 0.357. The highest BCUT2D eigenvalue weighted by Crippen LogP contribution is 2.20. The van der Waals surface area contributed by atoms with Crippen LogP contribution in [-0.4, -0.2) is 63.9 Å². The average molecular weight is 326 g/mol. The molecule has 1 aromatic carbocycles. The van der Waals surface area contributed by atoms with Crippen LogP contribution in [0.1, 0.15) is 10.4 Å². The van der Waals surface area contributed by atoms with Gasteiger partial charge in [-0.15, -0.1) is 0 Å². The number of nitrogens with zero attached hydrogens (tertiary/aromatic N) is 3. The van der Waals surface area contributed by atoms with Gasteiger partial charge in [0, 0.05) is 31.7 Å². The van der Waals surface area contributed by atoms with E-state index in [1.54, 1.807) is 18.2 Å². The van der Waals surface area contributed by atoms with E-state index in [4.69, 9.17) is 0 Å². The third kappa shape index (κ3) is 2.99. The Hall–Kier alpha value is -2.58. The second-order valence-corrected chi connectivity index (χ2v) is 5.22. The lowest BCUT2D eigenvalue weighted by Gasteiger charge is -2.35. The summed E-state index contributed by atoms with van der Waals surface area (Å²) >= 11 is 0. The molecule has 2 heterocycles. The molecule has 3 rings (SSSR count). The maximum Gasteiger partial charge on any atom is 0.471 e. The van der Waals surface area contributed by atoms with Crippen molar-refractivity contribution in [3.63, 3.8) is 0 Å². The van der Waals surface area contributed by atoms with Crippen LogP contribution < -0.4 is 0 Å². The zero-order chi connectivity index (χ0) is 16.6. The molecule has 0 saturated carbocycles. The van der Waals surface area contributed by atoms with E-state index in [2.05, 4.69) is 9.97 Å². The molecule has 0 spiro atoms. The molecule has 1 N–H and O–H groups in total. The Labute approximate surface area is 128 Å². The zero-order valence-electron chi connectivity index (χ0n) is 11.9. The molecular weight excluding hydrogens is 313 g/mol. The molecule has 6 nitrogen and oxygen atoms in total. The number of rotatable bonds is 1. The number of amides is 2. The SMILES string of the molecule is O=C(c1ccc2nc[nH]c2c1)N1CCN(C(=O)C(F)(F)F)CC1. The molecule has 2 amide bonds. The molecule has 1 fully saturated rings. The second-order valence-electron chi connectivity index (χ2n) is 5.22. The number of H-pyrrole nitrogens is 1. The lowest BCUT2D eigenvalue weighted by molar-refractivity contribution is -0.186. The van der Waals surface area contributed by atoms with Crippen molar-refractivity contribution in [1.82, 2.24) is 19.8 Å². The summed E-state index contributed by atoms with van der Waals surface area (Å²) in [6.45, 7) is -0.115. The lowest BCUT2D eigenvalue weighted by Crippen LogP contribution is -2.53. The van der Waals surface area contributed by atoms with Gasteiger partial charge in [0.25, 0.3) is 5.91 Å². The summed E-state index contributed by atoms with van der Waals surface area (Å²) in [5.41, 5.74) is 1.86. The third-order valence-electron chi connectivity index (χ3n) is 3.76. The van der Waals surface area contributed by atoms with Crippen LogP contribution in [0.4, 0.5) is 13.2 Å². The number of halogens is 3. The topological polar surface area (TPSA) is 69.3 Å². The molecule has 1 saturated heterocycles. The Morgan fingerprint density at radius 1 is 1.09 bits per heavy atom. The van der Waals surface area contributed by atoms with Gasteiger partial charge in [-0.3, -0.25) is 9.59 Å². The largest absolute Gasteiger partial charge is 0.471 e. The van der Waals surface area contributed by atoms with Crippen molar-refractivity contribution in [3.8, 4) is 0 Å². The van der Waals surface area contributed by atoms with Crippen molar-refractivity contribution < 1.29 is 22.8 Å². The number of carbonyl (C=O) groups excluding carboxylic acids is 2. The molecule has 9 heteroatoms. The molecule has 2 aromatic rings. The summed E-state index contributed by atoms with van der Waals surface area (Å²) in [6, 6.07) is 4.97. The van der Waals surface area contributed by atoms with Gasteiger partial charge in [-0.1, -0.05) is 0 Å². The van der Waals surface area contributed by atoms with Gasteiger partial charge in [-0.2, -0.15) is 13.2 Å². The molecule has 1 aliphatic rings. The van der Waals surface area contributed by atoms with Crippen LogP contribution >= 0.6 is 0 Å². The molecule has 23 heavy (non-hydrogen) atoms. The number of imidazole rings is 1. The van der Waals surface area contributed by atoms with E-state index in [-0.39, 0.29) is 32.1 Å². The molecule has 0 bridgehead atoms. The molecular formula is C14H13F3N4O2. The summed E-state index contributed by atoms with van der Waals surface area (Å²) in [5, 5.41) is 0. The number of fused-ring (bicyclic) bond motifs is 1. The molecule has 1 aromatic heterocycles. The van der Waals surface area contributed by atoms with Crippen LogP contribution in [0.25, 0.3) is 11.0 Å². The smallest absolute Gasteiger partial charge is 0.345 e. The molecule has 0 unspecified atom stereocenters. The predicted octanol–water partition coefficient (Wildman–Crippen LogP) is 1.41. The summed E-state index contributed by atoms with van der Waals surface area (Å²) in [4.78, 5) is 32.7. The van der Waals surface area contributed by atoms with Gasteiger partial charge in [0.1, 0.15) is 0 Å². The minimum Gasteiger partial charge on any atom is -0.345 e. The van der Waals surface area contributed by atoms with Crippen molar-refractivity contribution in [1.29, 1.82) is 0 Å². The second kappa shape index (κ2) is 5.56. The number of carbonyl (C=O) groups is 2. The summed E-state index contributed by atoms with van der Waals surface area (Å²) in [6.07, 6.45) is -3.36. The van der Waals surface area contributed by atoms with Crippen LogP contribution in [0.3, 0.4) is 0 Å². The Kier molecular flexibility index (Phi) is 3.70. The van der Waals surface area contributed by atoms with Gasteiger partial charge in [-0.05, 0) is 18.2 Å². The van der Waals surface area contributed by atoms with E-state index in [1.165, 1.54) is 11.2 Å². The standard InChI is InChI=1S/C14H13F3N4O2/c15-14(16,17)13(23)21-5-3-20(4-6-21)12(22)9-1-2-10-11(7-9)19-8-18-10/h1-2,7-8H,3-6H2,(H,18,19). The number of nitrogens with one attached hydrogen (secondary N) is 1. The monoisotopic (exact) mass is 326 g/mol. The van der Waals surface area contributed by atoms with Crippen molar-refractivity contribution in [2.45, 2.75) is 6.18 Å². The van der Waals surface area contributed by atoms with Crippen molar-refractivity contribution in [3.05, 3.63) is 30.1 Å². The minimum atomic E-state index is -4.88. The number of hydrogen-bond acceptors (Lipinski definition) is 3. The number of piperazine rings is 1. The van der Waals surface area contributed by atoms with Gasteiger partial charge in [0.05, 0.1) is 17.4 Å². The average Bonchev–Trinajstić information content (AvgIpc) is 3.00. The van der Waals surface area contributed by atoms with Crippen molar-refractivity contribution >= 4 is 22.8 Å². The van der Waals surface area contributed by atoms with Crippen LogP contribution in [0.15, 0.2) is 24.5 Å². The van der Waals surface area contributed by atoms with Crippen LogP contribution in [0.5, 0.6) is 0 Å². The Morgan fingerprint density at radius 2 is 1.74 bits per heavy atom. The highest BCUT2D eigenvalue weighted by atomic mass is 19.4. The van der Waals surface area contributed by atoms with Crippen molar-refractivity contribution in [2.75, 3.05) is 26.2 Å². The summed E-state index contributed by atoms with van der Waals surface area (Å²) in [5.74, 6) is -2.14. The molecule has 0 radical (unpaired) electrons. The van der Waals surface area contributed by atoms with Gasteiger partial charge in [0.2, 0.25) is 0 Å². The third-order valence-corrected chi connectivity index (χ3v) is 3.76. The first-order valence-electron chi connectivity index (χ1n) is 6.95. The number of hydrogen-bond donors (Lipinski definition) is 1. The molecule has 122 valence electrons. The highest BCUT2D eigenvalue weighted by Gasteiger charge is 2.43. The van der Waals surface area contributed by atoms with Gasteiger partial charge < -0.3 is 14.8 Å². The van der Waals surface area contributed by atoms with E-state index in [0.717, 1.165) is 10.4 Å². The number of aromatic amines is 1. The van der Waals surface area contributed by atoms with Gasteiger partial charge >= 0.3 is 12.1 Å². The van der Waals surface area contributed by atoms with Gasteiger partial charge in [0.15, 0.2) is 0 Å². The predicted molar refractivity (Wildman–Crippen MR) is 74.6 cm³/mol. The minimum absolute atomic E-state index is 0.0711. The Morgan fingerprint density at radius 3 is 2.39 bits per heavy atom. The first-order valence-corrected chi connectivity index (χ1v) is 6.95. The number of aromatic nitrogens is 2. The summed E-state index contributed by atoms with van der Waals surface area (Å²) < 4.78 is 37.2. The highest BCUT2D eigenvalue weighted by molar-refractivity contribution is 5.97. The molecule has 1 aliphatic heterocycles.